The van der Waals surface area contributed by atoms with Crippen molar-refractivity contribution in [2.75, 3.05) is 17.2 Å². The van der Waals surface area contributed by atoms with Gasteiger partial charge in [0.25, 0.3) is 0 Å². The molecule has 11 nitrogen and oxygen atoms in total. The zero-order valence-electron chi connectivity index (χ0n) is 26.4. The molecule has 1 aromatic carbocycles. The first kappa shape index (κ1) is 38.0. The second-order valence-corrected chi connectivity index (χ2v) is 12.4. The third kappa shape index (κ3) is 11.6. The van der Waals surface area contributed by atoms with E-state index in [2.05, 4.69) is 32.4 Å². The predicted octanol–water partition coefficient (Wildman–Crippen LogP) is 5.87. The Hall–Kier alpha value is -4.47. The summed E-state index contributed by atoms with van der Waals surface area (Å²) in [5, 5.41) is 12.8. The van der Waals surface area contributed by atoms with Crippen molar-refractivity contribution in [3.8, 4) is 6.07 Å². The number of Topliss-reactive ketones (excluding diaryl/α,β-unsaturated/α-hetero) is 1. The molecule has 0 radical (unpaired) electrons. The summed E-state index contributed by atoms with van der Waals surface area (Å²) in [6.45, 7) is 2.11. The van der Waals surface area contributed by atoms with Crippen molar-refractivity contribution >= 4 is 63.9 Å². The van der Waals surface area contributed by atoms with Gasteiger partial charge < -0.3 is 28.3 Å². The fourth-order valence-corrected chi connectivity index (χ4v) is 5.54. The number of aromatic nitrogens is 3. The zero-order valence-corrected chi connectivity index (χ0v) is 28.6. The average Bonchev–Trinajstić information content (AvgIpc) is 3.59. The number of carbonyl (C=O) groups is 2. The molecule has 4 aromatic rings. The zero-order chi connectivity index (χ0) is 35.2. The van der Waals surface area contributed by atoms with Crippen LogP contribution in [-0.4, -0.2) is 32.7 Å². The van der Waals surface area contributed by atoms with Crippen molar-refractivity contribution in [3.05, 3.63) is 104 Å². The first-order valence-electron chi connectivity index (χ1n) is 15.1. The maximum absolute atomic E-state index is 12.6. The number of anilines is 3. The summed E-state index contributed by atoms with van der Waals surface area (Å²) in [4.78, 5) is 36.5. The maximum atomic E-state index is 12.6. The van der Waals surface area contributed by atoms with Gasteiger partial charge in [-0.05, 0) is 67.9 Å². The molecular formula is C34H38Cl3N9O2. The van der Waals surface area contributed by atoms with Gasteiger partial charge in [-0.2, -0.15) is 5.26 Å². The van der Waals surface area contributed by atoms with Gasteiger partial charge in [0, 0.05) is 43.0 Å². The molecule has 1 aliphatic carbocycles. The van der Waals surface area contributed by atoms with Crippen LogP contribution >= 0.6 is 34.8 Å². The van der Waals surface area contributed by atoms with E-state index < -0.39 is 6.04 Å². The lowest BCUT2D eigenvalue weighted by molar-refractivity contribution is -0.129. The first-order valence-corrected chi connectivity index (χ1v) is 16.2. The molecule has 1 saturated carbocycles. The van der Waals surface area contributed by atoms with Gasteiger partial charge in [0.1, 0.15) is 23.5 Å². The molecule has 1 amide bonds. The topological polar surface area (TPSA) is 213 Å². The molecule has 3 atom stereocenters. The largest absolute Gasteiger partial charge is 0.383 e. The highest BCUT2D eigenvalue weighted by atomic mass is 35.5. The van der Waals surface area contributed by atoms with Gasteiger partial charge in [-0.3, -0.25) is 9.59 Å². The smallest absolute Gasteiger partial charge is 0.223 e. The first-order chi connectivity index (χ1) is 22.9. The fraction of sp³-hybridized carbons (Fsp3) is 0.294. The number of hydrogen-bond donors (Lipinski definition) is 5. The van der Waals surface area contributed by atoms with Crippen LogP contribution in [0.15, 0.2) is 67.1 Å². The number of aryl methyl sites for hydroxylation is 1. The van der Waals surface area contributed by atoms with Gasteiger partial charge in [0.05, 0.1) is 26.7 Å². The number of carbonyl (C=O) groups excluding carboxylic acids is 2. The minimum Gasteiger partial charge on any atom is -0.383 e. The maximum Gasteiger partial charge on any atom is 0.223 e. The summed E-state index contributed by atoms with van der Waals surface area (Å²) in [5.41, 5.74) is 25.1. The Morgan fingerprint density at radius 3 is 2.02 bits per heavy atom. The van der Waals surface area contributed by atoms with Crippen LogP contribution < -0.4 is 28.3 Å². The molecule has 0 saturated heterocycles. The van der Waals surface area contributed by atoms with Crippen molar-refractivity contribution < 1.29 is 9.59 Å². The number of ketones is 1. The fourth-order valence-electron chi connectivity index (χ4n) is 5.02. The summed E-state index contributed by atoms with van der Waals surface area (Å²) in [6.07, 6.45) is 7.82. The molecule has 0 aliphatic heterocycles. The van der Waals surface area contributed by atoms with Crippen molar-refractivity contribution in [3.63, 3.8) is 0 Å². The van der Waals surface area contributed by atoms with Gasteiger partial charge >= 0.3 is 0 Å². The summed E-state index contributed by atoms with van der Waals surface area (Å²) >= 11 is 17.1. The summed E-state index contributed by atoms with van der Waals surface area (Å²) in [7, 11) is 0. The van der Waals surface area contributed by atoms with E-state index in [1.807, 2.05) is 24.3 Å². The minimum absolute atomic E-state index is 0.0228. The van der Waals surface area contributed by atoms with Crippen LogP contribution in [0.3, 0.4) is 0 Å². The van der Waals surface area contributed by atoms with E-state index >= 15 is 0 Å². The standard InChI is InChI=1S/C22H26ClN3O2.C6H8ClN3.C6H4ClN3/c1-14(20(27)10-9-17-12-19(23)13-25-21(17)24)26-22(28)18-8-7-16(11-18)15-5-3-2-4-6-15;2*7-5-1-4(2-8)6(9)10-3-5/h2-6,12-14,16,18H,7-11H2,1H3,(H2,24,25)(H,26,28);1,3H,2,8H2,(H2,9,10);1,3H,(H2,9,10)/t14-,16?,18+;;/m0../s1. The highest BCUT2D eigenvalue weighted by Gasteiger charge is 2.31. The summed E-state index contributed by atoms with van der Waals surface area (Å²) in [5.74, 6) is 1.38. The van der Waals surface area contributed by atoms with Gasteiger partial charge in [0.2, 0.25) is 5.91 Å². The molecule has 14 heteroatoms. The van der Waals surface area contributed by atoms with Crippen LogP contribution in [0.1, 0.15) is 60.8 Å². The Balaban J connectivity index is 0.000000253. The quantitative estimate of drug-likeness (QED) is 0.147. The van der Waals surface area contributed by atoms with E-state index in [0.717, 1.165) is 30.4 Å². The lowest BCUT2D eigenvalue weighted by Crippen LogP contribution is -2.41. The van der Waals surface area contributed by atoms with Crippen LogP contribution in [0.25, 0.3) is 0 Å². The Kier molecular flexibility index (Phi) is 14.8. The van der Waals surface area contributed by atoms with Crippen molar-refractivity contribution in [1.82, 2.24) is 20.3 Å². The van der Waals surface area contributed by atoms with Gasteiger partial charge in [-0.1, -0.05) is 65.1 Å². The molecule has 0 bridgehead atoms. The van der Waals surface area contributed by atoms with Gasteiger partial charge in [-0.25, -0.2) is 15.0 Å². The third-order valence-electron chi connectivity index (χ3n) is 7.72. The predicted molar refractivity (Wildman–Crippen MR) is 191 cm³/mol. The van der Waals surface area contributed by atoms with Crippen LogP contribution in [-0.2, 0) is 22.6 Å². The van der Waals surface area contributed by atoms with Gasteiger partial charge in [0.15, 0.2) is 5.78 Å². The monoisotopic (exact) mass is 709 g/mol. The highest BCUT2D eigenvalue weighted by Crippen LogP contribution is 2.38. The number of pyridine rings is 3. The molecule has 3 aromatic heterocycles. The lowest BCUT2D eigenvalue weighted by atomic mass is 9.96. The Morgan fingerprint density at radius 2 is 1.46 bits per heavy atom. The average molecular weight is 711 g/mol. The van der Waals surface area contributed by atoms with Crippen molar-refractivity contribution in [2.45, 2.75) is 57.5 Å². The molecule has 48 heavy (non-hydrogen) atoms. The van der Waals surface area contributed by atoms with E-state index in [-0.39, 0.29) is 29.8 Å². The minimum atomic E-state index is -0.517. The molecule has 252 valence electrons. The molecule has 0 spiro atoms. The number of nitrogens with one attached hydrogen (secondary N) is 1. The number of nitrogen functional groups attached to an aromatic ring is 3. The van der Waals surface area contributed by atoms with Crippen LogP contribution in [0, 0.1) is 17.2 Å². The van der Waals surface area contributed by atoms with E-state index in [4.69, 9.17) is 63.0 Å². The Bertz CT molecular complexity index is 1740. The second kappa shape index (κ2) is 18.8. The Morgan fingerprint density at radius 1 is 0.896 bits per heavy atom. The van der Waals surface area contributed by atoms with Crippen LogP contribution in [0.5, 0.6) is 0 Å². The lowest BCUT2D eigenvalue weighted by Gasteiger charge is -2.17. The summed E-state index contributed by atoms with van der Waals surface area (Å²) in [6, 6.07) is 16.6. The molecule has 1 aliphatic rings. The number of amides is 1. The number of hydrogen-bond acceptors (Lipinski definition) is 10. The second-order valence-electron chi connectivity index (χ2n) is 11.1. The number of nitrogens with zero attached hydrogens (tertiary/aromatic N) is 4. The number of halogens is 3. The van der Waals surface area contributed by atoms with E-state index in [1.165, 1.54) is 30.2 Å². The van der Waals surface area contributed by atoms with Crippen molar-refractivity contribution in [2.24, 2.45) is 11.7 Å². The van der Waals surface area contributed by atoms with E-state index in [0.29, 0.717) is 51.2 Å². The molecule has 3 heterocycles. The molecule has 1 unspecified atom stereocenters. The number of nitrogens with two attached hydrogens (primary N) is 4. The number of benzene rings is 1. The Labute approximate surface area is 295 Å². The van der Waals surface area contributed by atoms with Crippen LogP contribution in [0.4, 0.5) is 17.5 Å². The molecular weight excluding hydrogens is 673 g/mol. The highest BCUT2D eigenvalue weighted by molar-refractivity contribution is 6.31. The number of nitriles is 1. The van der Waals surface area contributed by atoms with Gasteiger partial charge in [-0.15, -0.1) is 0 Å². The van der Waals surface area contributed by atoms with E-state index in [9.17, 15) is 9.59 Å². The molecule has 5 rings (SSSR count). The molecule has 1 fully saturated rings. The third-order valence-corrected chi connectivity index (χ3v) is 8.34. The van der Waals surface area contributed by atoms with E-state index in [1.54, 1.807) is 19.1 Å². The van der Waals surface area contributed by atoms with Crippen LogP contribution in [0.2, 0.25) is 15.1 Å². The molecule has 9 N–H and O–H groups in total. The SMILES string of the molecule is C[C@H](NC(=O)[C@@H]1CCC(c2ccccc2)C1)C(=O)CCc1cc(Cl)cnc1N.N#Cc1cc(Cl)cnc1N.NCc1cc(Cl)cnc1N. The normalized spacial score (nSPS) is 15.5. The summed E-state index contributed by atoms with van der Waals surface area (Å²) < 4.78 is 0. The van der Waals surface area contributed by atoms with Crippen molar-refractivity contribution in [1.29, 1.82) is 5.26 Å². The number of rotatable bonds is 8.